The Morgan fingerprint density at radius 2 is 1.89 bits per heavy atom. The zero-order valence-electron chi connectivity index (χ0n) is 11.5. The number of hydrogen-bond acceptors (Lipinski definition) is 3. The van der Waals surface area contributed by atoms with Crippen molar-refractivity contribution in [1.29, 1.82) is 0 Å². The predicted octanol–water partition coefficient (Wildman–Crippen LogP) is 1.87. The van der Waals surface area contributed by atoms with Gasteiger partial charge in [0.1, 0.15) is 0 Å². The normalized spacial score (nSPS) is 23.7. The molecule has 1 saturated carbocycles. The van der Waals surface area contributed by atoms with Crippen LogP contribution in [0.25, 0.3) is 0 Å². The van der Waals surface area contributed by atoms with Crippen LogP contribution in [-0.2, 0) is 16.6 Å². The van der Waals surface area contributed by atoms with Crippen LogP contribution in [0.4, 0.5) is 0 Å². The van der Waals surface area contributed by atoms with Crippen LogP contribution in [0.15, 0.2) is 29.2 Å². The zero-order chi connectivity index (χ0) is 13.9. The molecule has 0 spiro atoms. The molecule has 2 N–H and O–H groups in total. The van der Waals surface area contributed by atoms with Crippen LogP contribution in [0.5, 0.6) is 0 Å². The van der Waals surface area contributed by atoms with Gasteiger partial charge in [0.25, 0.3) is 0 Å². The van der Waals surface area contributed by atoms with E-state index < -0.39 is 10.0 Å². The molecule has 0 amide bonds. The van der Waals surface area contributed by atoms with Crippen molar-refractivity contribution < 1.29 is 8.42 Å². The van der Waals surface area contributed by atoms with Crippen LogP contribution in [0.2, 0.25) is 0 Å². The first kappa shape index (κ1) is 14.5. The molecule has 1 aliphatic carbocycles. The molecule has 1 aliphatic rings. The molecular weight excluding hydrogens is 260 g/mol. The van der Waals surface area contributed by atoms with Crippen molar-refractivity contribution in [3.05, 3.63) is 29.8 Å². The topological polar surface area (TPSA) is 58.2 Å². The Hall–Kier alpha value is -0.910. The van der Waals surface area contributed by atoms with Gasteiger partial charge in [0, 0.05) is 12.6 Å². The SMILES string of the molecule is CNCc1ccc(S(=O)(=O)NC2CCCC2C)cc1. The Balaban J connectivity index is 2.10. The molecule has 5 heteroatoms. The molecule has 0 radical (unpaired) electrons. The van der Waals surface area contributed by atoms with Crippen LogP contribution in [0.1, 0.15) is 31.7 Å². The molecule has 0 bridgehead atoms. The fourth-order valence-electron chi connectivity index (χ4n) is 2.58. The molecule has 4 nitrogen and oxygen atoms in total. The molecule has 19 heavy (non-hydrogen) atoms. The molecule has 1 aromatic rings. The van der Waals surface area contributed by atoms with E-state index in [1.54, 1.807) is 12.1 Å². The molecule has 1 aromatic carbocycles. The summed E-state index contributed by atoms with van der Waals surface area (Å²) < 4.78 is 27.4. The molecule has 2 unspecified atom stereocenters. The van der Waals surface area contributed by atoms with Gasteiger partial charge in [0.2, 0.25) is 10.0 Å². The lowest BCUT2D eigenvalue weighted by atomic mass is 10.1. The van der Waals surface area contributed by atoms with Gasteiger partial charge in [-0.25, -0.2) is 13.1 Å². The molecule has 0 heterocycles. The molecule has 0 aromatic heterocycles. The van der Waals surface area contributed by atoms with Crippen molar-refractivity contribution in [3.8, 4) is 0 Å². The Labute approximate surface area is 115 Å². The summed E-state index contributed by atoms with van der Waals surface area (Å²) in [6, 6.07) is 7.14. The summed E-state index contributed by atoms with van der Waals surface area (Å²) in [6.45, 7) is 2.85. The van der Waals surface area contributed by atoms with E-state index in [4.69, 9.17) is 0 Å². The third kappa shape index (κ3) is 3.55. The van der Waals surface area contributed by atoms with Crippen LogP contribution in [0, 0.1) is 5.92 Å². The standard InChI is InChI=1S/C14H22N2O2S/c1-11-4-3-5-14(11)16-19(17,18)13-8-6-12(7-9-13)10-15-2/h6-9,11,14-16H,3-5,10H2,1-2H3. The summed E-state index contributed by atoms with van der Waals surface area (Å²) >= 11 is 0. The molecule has 0 saturated heterocycles. The number of benzene rings is 1. The lowest BCUT2D eigenvalue weighted by Gasteiger charge is -2.17. The minimum atomic E-state index is -3.38. The minimum absolute atomic E-state index is 0.0852. The van der Waals surface area contributed by atoms with Crippen LogP contribution in [-0.4, -0.2) is 21.5 Å². The van der Waals surface area contributed by atoms with Crippen molar-refractivity contribution in [2.45, 2.75) is 43.7 Å². The Morgan fingerprint density at radius 1 is 1.21 bits per heavy atom. The smallest absolute Gasteiger partial charge is 0.240 e. The van der Waals surface area contributed by atoms with Gasteiger partial charge in [0.15, 0.2) is 0 Å². The largest absolute Gasteiger partial charge is 0.316 e. The average molecular weight is 282 g/mol. The monoisotopic (exact) mass is 282 g/mol. The van der Waals surface area contributed by atoms with E-state index in [1.165, 1.54) is 0 Å². The van der Waals surface area contributed by atoms with Gasteiger partial charge in [-0.1, -0.05) is 25.5 Å². The summed E-state index contributed by atoms with van der Waals surface area (Å²) in [6.07, 6.45) is 3.15. The quantitative estimate of drug-likeness (QED) is 0.867. The molecular formula is C14H22N2O2S. The third-order valence-corrected chi connectivity index (χ3v) is 5.29. The van der Waals surface area contributed by atoms with Gasteiger partial charge in [-0.2, -0.15) is 0 Å². The van der Waals surface area contributed by atoms with Crippen LogP contribution in [0.3, 0.4) is 0 Å². The molecule has 106 valence electrons. The van der Waals surface area contributed by atoms with Gasteiger partial charge in [0.05, 0.1) is 4.90 Å². The van der Waals surface area contributed by atoms with E-state index >= 15 is 0 Å². The fraction of sp³-hybridized carbons (Fsp3) is 0.571. The highest BCUT2D eigenvalue weighted by atomic mass is 32.2. The van der Waals surface area contributed by atoms with E-state index in [1.807, 2.05) is 19.2 Å². The Kier molecular flexibility index (Phi) is 4.60. The number of hydrogen-bond donors (Lipinski definition) is 2. The minimum Gasteiger partial charge on any atom is -0.316 e. The van der Waals surface area contributed by atoms with E-state index in [0.29, 0.717) is 10.8 Å². The number of sulfonamides is 1. The van der Waals surface area contributed by atoms with E-state index in [9.17, 15) is 8.42 Å². The van der Waals surface area contributed by atoms with Gasteiger partial charge >= 0.3 is 0 Å². The molecule has 0 aliphatic heterocycles. The van der Waals surface area contributed by atoms with Crippen molar-refractivity contribution in [3.63, 3.8) is 0 Å². The lowest BCUT2D eigenvalue weighted by molar-refractivity contribution is 0.476. The highest BCUT2D eigenvalue weighted by Crippen LogP contribution is 2.26. The second kappa shape index (κ2) is 6.03. The van der Waals surface area contributed by atoms with Crippen LogP contribution < -0.4 is 10.0 Å². The van der Waals surface area contributed by atoms with Gasteiger partial charge in [-0.3, -0.25) is 0 Å². The van der Waals surface area contributed by atoms with Gasteiger partial charge in [-0.05, 0) is 43.5 Å². The summed E-state index contributed by atoms with van der Waals surface area (Å²) in [4.78, 5) is 0.353. The summed E-state index contributed by atoms with van der Waals surface area (Å²) in [7, 11) is -1.51. The highest BCUT2D eigenvalue weighted by molar-refractivity contribution is 7.89. The fourth-order valence-corrected chi connectivity index (χ4v) is 3.96. The first-order valence-corrected chi connectivity index (χ1v) is 8.27. The van der Waals surface area contributed by atoms with E-state index in [-0.39, 0.29) is 6.04 Å². The van der Waals surface area contributed by atoms with E-state index in [0.717, 1.165) is 31.4 Å². The van der Waals surface area contributed by atoms with Crippen LogP contribution >= 0.6 is 0 Å². The van der Waals surface area contributed by atoms with Gasteiger partial charge < -0.3 is 5.32 Å². The Bertz CT molecular complexity index is 511. The zero-order valence-corrected chi connectivity index (χ0v) is 12.3. The summed E-state index contributed by atoms with van der Waals surface area (Å²) in [5.41, 5.74) is 1.08. The molecule has 2 rings (SSSR count). The van der Waals surface area contributed by atoms with E-state index in [2.05, 4.69) is 17.0 Å². The van der Waals surface area contributed by atoms with Crippen molar-refractivity contribution >= 4 is 10.0 Å². The van der Waals surface area contributed by atoms with Crippen molar-refractivity contribution in [1.82, 2.24) is 10.0 Å². The number of rotatable bonds is 5. The first-order valence-electron chi connectivity index (χ1n) is 6.79. The van der Waals surface area contributed by atoms with Crippen molar-refractivity contribution in [2.24, 2.45) is 5.92 Å². The lowest BCUT2D eigenvalue weighted by Crippen LogP contribution is -2.36. The third-order valence-electron chi connectivity index (χ3n) is 3.78. The maximum atomic E-state index is 12.3. The second-order valence-electron chi connectivity index (χ2n) is 5.31. The highest BCUT2D eigenvalue weighted by Gasteiger charge is 2.28. The maximum Gasteiger partial charge on any atom is 0.240 e. The maximum absolute atomic E-state index is 12.3. The summed E-state index contributed by atoms with van der Waals surface area (Å²) in [5, 5.41) is 3.04. The summed E-state index contributed by atoms with van der Waals surface area (Å²) in [5.74, 6) is 0.429. The predicted molar refractivity (Wildman–Crippen MR) is 76.3 cm³/mol. The van der Waals surface area contributed by atoms with Crippen molar-refractivity contribution in [2.75, 3.05) is 7.05 Å². The average Bonchev–Trinajstić information content (AvgIpc) is 2.75. The Morgan fingerprint density at radius 3 is 2.42 bits per heavy atom. The van der Waals surface area contributed by atoms with Gasteiger partial charge in [-0.15, -0.1) is 0 Å². The second-order valence-corrected chi connectivity index (χ2v) is 7.02. The number of nitrogens with one attached hydrogen (secondary N) is 2. The molecule has 1 fully saturated rings. The molecule has 2 atom stereocenters. The first-order chi connectivity index (χ1) is 9.03.